The zero-order valence-electron chi connectivity index (χ0n) is 15.0. The van der Waals surface area contributed by atoms with E-state index in [-0.39, 0.29) is 4.92 Å². The molecule has 0 aromatic rings. The van der Waals surface area contributed by atoms with Crippen LogP contribution in [0.25, 0.3) is 0 Å². The standard InChI is InChI=1S/C20H32NO3/c1-2-3-4-5-8-11-14-17-20(21(23)24)18-15-12-9-6-7-10-13-16-19-22/h6-7,12,15,17H,2-5,8-11,13-14,16,18H2,1H3/b7-6-,15-12-,20-17+. The predicted octanol–water partition coefficient (Wildman–Crippen LogP) is 6.07. The van der Waals surface area contributed by atoms with Crippen molar-refractivity contribution in [2.75, 3.05) is 0 Å². The SMILES string of the molecule is CCCCCCCC/C=C(\C/C=C\C/C=C\CCC[C]=O)[N+](=O)[O-]. The number of nitrogens with zero attached hydrogens (tertiary/aromatic N) is 1. The smallest absolute Gasteiger partial charge is 0.246 e. The zero-order valence-corrected chi connectivity index (χ0v) is 15.0. The highest BCUT2D eigenvalue weighted by atomic mass is 16.6. The Morgan fingerprint density at radius 2 is 1.67 bits per heavy atom. The van der Waals surface area contributed by atoms with Crippen LogP contribution < -0.4 is 0 Å². The van der Waals surface area contributed by atoms with Gasteiger partial charge in [0, 0.05) is 6.42 Å². The first-order valence-corrected chi connectivity index (χ1v) is 9.20. The Balaban J connectivity index is 3.89. The van der Waals surface area contributed by atoms with Gasteiger partial charge in [0.25, 0.3) is 0 Å². The molecule has 0 unspecified atom stereocenters. The summed E-state index contributed by atoms with van der Waals surface area (Å²) < 4.78 is 0. The lowest BCUT2D eigenvalue weighted by atomic mass is 10.1. The van der Waals surface area contributed by atoms with Gasteiger partial charge in [-0.15, -0.1) is 0 Å². The maximum Gasteiger partial charge on any atom is 0.246 e. The number of hydrogen-bond donors (Lipinski definition) is 0. The van der Waals surface area contributed by atoms with Crippen molar-refractivity contribution in [1.82, 2.24) is 0 Å². The third-order valence-corrected chi connectivity index (χ3v) is 3.75. The van der Waals surface area contributed by atoms with E-state index in [2.05, 4.69) is 6.92 Å². The first-order valence-electron chi connectivity index (χ1n) is 9.20. The van der Waals surface area contributed by atoms with Crippen molar-refractivity contribution < 1.29 is 9.72 Å². The lowest BCUT2D eigenvalue weighted by Crippen LogP contribution is -1.97. The normalized spacial score (nSPS) is 12.3. The molecule has 0 rings (SSSR count). The fraction of sp³-hybridized carbons (Fsp3) is 0.650. The molecule has 0 bridgehead atoms. The van der Waals surface area contributed by atoms with Gasteiger partial charge in [0.2, 0.25) is 5.70 Å². The number of unbranched alkanes of at least 4 members (excludes halogenated alkanes) is 8. The Hall–Kier alpha value is -1.71. The van der Waals surface area contributed by atoms with Gasteiger partial charge >= 0.3 is 0 Å². The van der Waals surface area contributed by atoms with Crippen LogP contribution in [-0.4, -0.2) is 11.2 Å². The second kappa shape index (κ2) is 17.6. The quantitative estimate of drug-likeness (QED) is 0.149. The maximum absolute atomic E-state index is 11.0. The van der Waals surface area contributed by atoms with E-state index >= 15 is 0 Å². The largest absolute Gasteiger partial charge is 0.291 e. The van der Waals surface area contributed by atoms with Crippen LogP contribution in [0.4, 0.5) is 0 Å². The summed E-state index contributed by atoms with van der Waals surface area (Å²) in [6, 6.07) is 0. The molecule has 1 radical (unpaired) electrons. The summed E-state index contributed by atoms with van der Waals surface area (Å²) >= 11 is 0. The van der Waals surface area contributed by atoms with Crippen molar-refractivity contribution in [1.29, 1.82) is 0 Å². The topological polar surface area (TPSA) is 60.2 Å². The van der Waals surface area contributed by atoms with Gasteiger partial charge in [-0.05, 0) is 38.2 Å². The Kier molecular flexibility index (Phi) is 16.4. The van der Waals surface area contributed by atoms with E-state index in [1.807, 2.05) is 30.6 Å². The third-order valence-electron chi connectivity index (χ3n) is 3.75. The summed E-state index contributed by atoms with van der Waals surface area (Å²) in [5.74, 6) is 0. The molecule has 0 aliphatic rings. The molecular formula is C20H32NO3. The van der Waals surface area contributed by atoms with Crippen LogP contribution in [0.2, 0.25) is 0 Å². The van der Waals surface area contributed by atoms with Gasteiger partial charge in [-0.25, -0.2) is 0 Å². The summed E-state index contributed by atoms with van der Waals surface area (Å²) in [4.78, 5) is 20.8. The summed E-state index contributed by atoms with van der Waals surface area (Å²) in [6.45, 7) is 2.20. The molecule has 0 heterocycles. The molecule has 4 nitrogen and oxygen atoms in total. The summed E-state index contributed by atoms with van der Waals surface area (Å²) in [7, 11) is 0. The van der Waals surface area contributed by atoms with Crippen LogP contribution in [0.3, 0.4) is 0 Å². The molecular weight excluding hydrogens is 302 g/mol. The van der Waals surface area contributed by atoms with Crippen LogP contribution in [0, 0.1) is 10.1 Å². The molecule has 0 atom stereocenters. The van der Waals surface area contributed by atoms with E-state index in [0.717, 1.165) is 38.5 Å². The summed E-state index contributed by atoms with van der Waals surface area (Å²) in [5, 5.41) is 11.0. The molecule has 0 fully saturated rings. The second-order valence-corrected chi connectivity index (χ2v) is 5.93. The van der Waals surface area contributed by atoms with Gasteiger partial charge in [-0.2, -0.15) is 0 Å². The molecule has 24 heavy (non-hydrogen) atoms. The fourth-order valence-electron chi connectivity index (χ4n) is 2.31. The lowest BCUT2D eigenvalue weighted by molar-refractivity contribution is -0.427. The molecule has 0 aliphatic heterocycles. The molecule has 0 spiro atoms. The molecule has 0 saturated carbocycles. The summed E-state index contributed by atoms with van der Waals surface area (Å²) in [6.07, 6.45) is 22.9. The lowest BCUT2D eigenvalue weighted by Gasteiger charge is -1.98. The Morgan fingerprint density at radius 3 is 2.38 bits per heavy atom. The van der Waals surface area contributed by atoms with Crippen LogP contribution in [-0.2, 0) is 4.79 Å². The van der Waals surface area contributed by atoms with E-state index in [1.54, 1.807) is 6.08 Å². The fourth-order valence-corrected chi connectivity index (χ4v) is 2.31. The van der Waals surface area contributed by atoms with E-state index in [1.165, 1.54) is 25.7 Å². The molecule has 0 N–H and O–H groups in total. The van der Waals surface area contributed by atoms with E-state index in [0.29, 0.717) is 18.5 Å². The van der Waals surface area contributed by atoms with Crippen LogP contribution in [0.5, 0.6) is 0 Å². The molecule has 4 heteroatoms. The first kappa shape index (κ1) is 22.3. The highest BCUT2D eigenvalue weighted by Gasteiger charge is 2.06. The van der Waals surface area contributed by atoms with Gasteiger partial charge in [0.05, 0.1) is 11.3 Å². The average Bonchev–Trinajstić information content (AvgIpc) is 2.57. The minimum absolute atomic E-state index is 0.271. The highest BCUT2D eigenvalue weighted by molar-refractivity contribution is 5.50. The molecule has 0 amide bonds. The third kappa shape index (κ3) is 15.2. The van der Waals surface area contributed by atoms with Crippen molar-refractivity contribution in [2.24, 2.45) is 0 Å². The second-order valence-electron chi connectivity index (χ2n) is 5.93. The first-order chi connectivity index (χ1) is 11.7. The van der Waals surface area contributed by atoms with Crippen molar-refractivity contribution in [3.8, 4) is 0 Å². The van der Waals surface area contributed by atoms with Gasteiger partial charge in [0.1, 0.15) is 0 Å². The van der Waals surface area contributed by atoms with E-state index in [9.17, 15) is 14.9 Å². The molecule has 0 saturated heterocycles. The number of hydrogen-bond acceptors (Lipinski definition) is 3. The monoisotopic (exact) mass is 334 g/mol. The average molecular weight is 334 g/mol. The van der Waals surface area contributed by atoms with E-state index in [4.69, 9.17) is 0 Å². The van der Waals surface area contributed by atoms with Crippen molar-refractivity contribution in [3.63, 3.8) is 0 Å². The van der Waals surface area contributed by atoms with Crippen LogP contribution in [0.15, 0.2) is 36.1 Å². The summed E-state index contributed by atoms with van der Waals surface area (Å²) in [5.41, 5.74) is 0.297. The van der Waals surface area contributed by atoms with Crippen LogP contribution in [0.1, 0.15) is 84.0 Å². The zero-order chi connectivity index (χ0) is 17.9. The molecule has 0 aromatic heterocycles. The van der Waals surface area contributed by atoms with Crippen molar-refractivity contribution in [2.45, 2.75) is 84.0 Å². The van der Waals surface area contributed by atoms with Gasteiger partial charge in [-0.3, -0.25) is 14.9 Å². The van der Waals surface area contributed by atoms with Gasteiger partial charge in [-0.1, -0.05) is 63.3 Å². The maximum atomic E-state index is 11.0. The number of allylic oxidation sites excluding steroid dienone is 5. The Bertz CT molecular complexity index is 411. The Labute approximate surface area is 146 Å². The minimum Gasteiger partial charge on any atom is -0.291 e. The van der Waals surface area contributed by atoms with Crippen molar-refractivity contribution in [3.05, 3.63) is 46.2 Å². The number of rotatable bonds is 16. The molecule has 0 aliphatic carbocycles. The number of nitro groups is 1. The molecule has 135 valence electrons. The molecule has 0 aromatic carbocycles. The Morgan fingerprint density at radius 1 is 0.958 bits per heavy atom. The van der Waals surface area contributed by atoms with Crippen molar-refractivity contribution >= 4 is 6.29 Å². The predicted molar refractivity (Wildman–Crippen MR) is 100 cm³/mol. The van der Waals surface area contributed by atoms with E-state index < -0.39 is 0 Å². The highest BCUT2D eigenvalue weighted by Crippen LogP contribution is 2.11. The van der Waals surface area contributed by atoms with Gasteiger partial charge < -0.3 is 0 Å². The minimum atomic E-state index is -0.271. The number of carbonyl (C=O) groups excluding carboxylic acids is 1. The van der Waals surface area contributed by atoms with Gasteiger partial charge in [0.15, 0.2) is 6.29 Å². The van der Waals surface area contributed by atoms with Crippen LogP contribution >= 0.6 is 0 Å².